The van der Waals surface area contributed by atoms with Gasteiger partial charge in [0.25, 0.3) is 20.1 Å². The summed E-state index contributed by atoms with van der Waals surface area (Å²) in [4.78, 5) is 45.2. The minimum absolute atomic E-state index is 0.138. The predicted molar refractivity (Wildman–Crippen MR) is 183 cm³/mol. The van der Waals surface area contributed by atoms with Crippen LogP contribution in [0.25, 0.3) is 0 Å². The lowest BCUT2D eigenvalue weighted by Crippen LogP contribution is -2.68. The van der Waals surface area contributed by atoms with Crippen molar-refractivity contribution in [1.29, 1.82) is 0 Å². The highest BCUT2D eigenvalue weighted by Crippen LogP contribution is 2.37. The van der Waals surface area contributed by atoms with Gasteiger partial charge < -0.3 is 14.1 Å². The Hall–Kier alpha value is -3.79. The minimum atomic E-state index is -2.86. The highest BCUT2D eigenvalue weighted by molar-refractivity contribution is 6.99. The molecule has 3 aromatic carbocycles. The molecular formula is C37H47N3O5Si. The van der Waals surface area contributed by atoms with Gasteiger partial charge in [-0.3, -0.25) is 19.4 Å². The standard InChI is InChI=1S/C37H47N3O5Si/c1-27-24-38(22-23-39-33(41)31-20-14-15-21-32(31)34(39)42)28(25-40(27)35(43)45-36(2,3)4)26-44-46(37(5,6)7,29-16-10-8-11-17-29)30-18-12-9-13-19-30/h8-21,27-28H,22-26H2,1-7H3/t27-,28+/m1/s1. The molecule has 0 saturated carbocycles. The number of ether oxygens (including phenoxy) is 1. The molecular weight excluding hydrogens is 595 g/mol. The van der Waals surface area contributed by atoms with E-state index in [0.717, 1.165) is 0 Å². The molecule has 8 nitrogen and oxygen atoms in total. The van der Waals surface area contributed by atoms with Crippen molar-refractivity contribution in [2.75, 3.05) is 32.8 Å². The summed E-state index contributed by atoms with van der Waals surface area (Å²) in [5.74, 6) is -0.526. The summed E-state index contributed by atoms with van der Waals surface area (Å²) >= 11 is 0. The van der Waals surface area contributed by atoms with Crippen molar-refractivity contribution in [2.45, 2.75) is 71.2 Å². The first kappa shape index (κ1) is 33.6. The SMILES string of the molecule is C[C@@H]1CN(CCN2C(=O)c3ccccc3C2=O)[C@H](CO[Si](c2ccccc2)(c2ccccc2)C(C)(C)C)CN1C(=O)OC(C)(C)C. The number of amides is 3. The van der Waals surface area contributed by atoms with E-state index in [1.807, 2.05) is 39.8 Å². The number of imide groups is 1. The summed E-state index contributed by atoms with van der Waals surface area (Å²) in [6.45, 7) is 16.4. The van der Waals surface area contributed by atoms with Gasteiger partial charge in [0.15, 0.2) is 0 Å². The van der Waals surface area contributed by atoms with Crippen LogP contribution >= 0.6 is 0 Å². The van der Waals surface area contributed by atoms with Gasteiger partial charge in [-0.1, -0.05) is 93.6 Å². The maximum Gasteiger partial charge on any atom is 0.410 e. The fourth-order valence-electron chi connectivity index (χ4n) is 6.77. The van der Waals surface area contributed by atoms with Crippen LogP contribution in [0.4, 0.5) is 4.79 Å². The van der Waals surface area contributed by atoms with Crippen LogP contribution in [-0.2, 0) is 9.16 Å². The molecule has 1 fully saturated rings. The number of rotatable bonds is 8. The number of nitrogens with zero attached hydrogens (tertiary/aromatic N) is 3. The molecule has 2 aliphatic rings. The Morgan fingerprint density at radius 1 is 0.761 bits per heavy atom. The quantitative estimate of drug-likeness (QED) is 0.250. The molecule has 9 heteroatoms. The summed E-state index contributed by atoms with van der Waals surface area (Å²) < 4.78 is 13.1. The van der Waals surface area contributed by atoms with Gasteiger partial charge in [-0.2, -0.15) is 0 Å². The first-order valence-corrected chi connectivity index (χ1v) is 18.1. The van der Waals surface area contributed by atoms with Crippen LogP contribution in [0.3, 0.4) is 0 Å². The minimum Gasteiger partial charge on any atom is -0.444 e. The van der Waals surface area contributed by atoms with Gasteiger partial charge in [-0.05, 0) is 55.2 Å². The Morgan fingerprint density at radius 3 is 1.74 bits per heavy atom. The average molecular weight is 642 g/mol. The molecule has 5 rings (SSSR count). The first-order valence-electron chi connectivity index (χ1n) is 16.2. The normalized spacial score (nSPS) is 19.4. The van der Waals surface area contributed by atoms with E-state index in [1.54, 1.807) is 29.2 Å². The Balaban J connectivity index is 1.46. The molecule has 0 bridgehead atoms. The van der Waals surface area contributed by atoms with Gasteiger partial charge in [0.1, 0.15) is 5.60 Å². The van der Waals surface area contributed by atoms with Crippen LogP contribution in [0.2, 0.25) is 5.04 Å². The molecule has 0 aliphatic carbocycles. The van der Waals surface area contributed by atoms with E-state index in [1.165, 1.54) is 15.3 Å². The van der Waals surface area contributed by atoms with Crippen molar-refractivity contribution in [2.24, 2.45) is 0 Å². The van der Waals surface area contributed by atoms with Gasteiger partial charge >= 0.3 is 6.09 Å². The molecule has 0 spiro atoms. The monoisotopic (exact) mass is 641 g/mol. The maximum atomic E-state index is 13.4. The lowest BCUT2D eigenvalue weighted by molar-refractivity contribution is -0.0211. The largest absolute Gasteiger partial charge is 0.444 e. The molecule has 3 amide bonds. The number of carbonyl (C=O) groups is 3. The molecule has 1 saturated heterocycles. The van der Waals surface area contributed by atoms with Crippen LogP contribution in [0.1, 0.15) is 69.2 Å². The zero-order valence-corrected chi connectivity index (χ0v) is 29.2. The topological polar surface area (TPSA) is 79.4 Å². The van der Waals surface area contributed by atoms with Gasteiger partial charge in [0.05, 0.1) is 17.7 Å². The second kappa shape index (κ2) is 13.1. The number of carbonyl (C=O) groups excluding carboxylic acids is 3. The molecule has 0 unspecified atom stereocenters. The van der Waals surface area contributed by atoms with Crippen molar-refractivity contribution >= 4 is 36.6 Å². The number of hydrogen-bond donors (Lipinski definition) is 0. The Labute approximate surface area is 274 Å². The zero-order chi connectivity index (χ0) is 33.3. The number of piperazine rings is 1. The number of benzene rings is 3. The lowest BCUT2D eigenvalue weighted by atomic mass is 10.1. The summed E-state index contributed by atoms with van der Waals surface area (Å²) in [7, 11) is -2.86. The van der Waals surface area contributed by atoms with Crippen LogP contribution < -0.4 is 10.4 Å². The van der Waals surface area contributed by atoms with Crippen LogP contribution in [0.5, 0.6) is 0 Å². The fraction of sp³-hybridized carbons (Fsp3) is 0.432. The average Bonchev–Trinajstić information content (AvgIpc) is 3.25. The van der Waals surface area contributed by atoms with E-state index in [9.17, 15) is 14.4 Å². The second-order valence-corrected chi connectivity index (χ2v) is 18.7. The fourth-order valence-corrected chi connectivity index (χ4v) is 11.4. The van der Waals surface area contributed by atoms with Gasteiger partial charge in [0.2, 0.25) is 0 Å². The molecule has 2 atom stereocenters. The summed E-state index contributed by atoms with van der Waals surface area (Å²) in [6.07, 6.45) is -0.351. The molecule has 0 N–H and O–H groups in total. The van der Waals surface area contributed by atoms with Gasteiger partial charge in [-0.25, -0.2) is 4.79 Å². The Morgan fingerprint density at radius 2 is 1.26 bits per heavy atom. The van der Waals surface area contributed by atoms with E-state index in [2.05, 4.69) is 74.2 Å². The van der Waals surface area contributed by atoms with Gasteiger partial charge in [0, 0.05) is 38.3 Å². The second-order valence-electron chi connectivity index (χ2n) is 14.4. The van der Waals surface area contributed by atoms with Crippen molar-refractivity contribution in [3.63, 3.8) is 0 Å². The third-order valence-electron chi connectivity index (χ3n) is 8.98. The molecule has 0 aromatic heterocycles. The number of fused-ring (bicyclic) bond motifs is 1. The van der Waals surface area contributed by atoms with E-state index in [-0.39, 0.29) is 41.6 Å². The Kier molecular flexibility index (Phi) is 9.59. The third-order valence-corrected chi connectivity index (χ3v) is 14.0. The van der Waals surface area contributed by atoms with E-state index < -0.39 is 13.9 Å². The smallest absolute Gasteiger partial charge is 0.410 e. The zero-order valence-electron chi connectivity index (χ0n) is 28.2. The molecule has 46 heavy (non-hydrogen) atoms. The van der Waals surface area contributed by atoms with E-state index >= 15 is 0 Å². The highest BCUT2D eigenvalue weighted by Gasteiger charge is 2.51. The van der Waals surface area contributed by atoms with Crippen LogP contribution in [-0.4, -0.2) is 91.4 Å². The molecule has 2 heterocycles. The molecule has 2 aliphatic heterocycles. The van der Waals surface area contributed by atoms with Crippen molar-refractivity contribution in [3.05, 3.63) is 96.1 Å². The molecule has 0 radical (unpaired) electrons. The maximum absolute atomic E-state index is 13.4. The molecule has 3 aromatic rings. The van der Waals surface area contributed by atoms with Crippen molar-refractivity contribution < 1.29 is 23.5 Å². The van der Waals surface area contributed by atoms with Crippen molar-refractivity contribution in [3.8, 4) is 0 Å². The molecule has 244 valence electrons. The van der Waals surface area contributed by atoms with E-state index in [0.29, 0.717) is 37.4 Å². The van der Waals surface area contributed by atoms with Gasteiger partial charge in [-0.15, -0.1) is 0 Å². The Bertz CT molecular complexity index is 1480. The summed E-state index contributed by atoms with van der Waals surface area (Å²) in [5.41, 5.74) is 0.268. The number of hydrogen-bond acceptors (Lipinski definition) is 6. The predicted octanol–water partition coefficient (Wildman–Crippen LogP) is 5.17. The van der Waals surface area contributed by atoms with Crippen LogP contribution in [0, 0.1) is 0 Å². The summed E-state index contributed by atoms with van der Waals surface area (Å²) in [6, 6.07) is 27.6. The van der Waals surface area contributed by atoms with Crippen molar-refractivity contribution in [1.82, 2.24) is 14.7 Å². The van der Waals surface area contributed by atoms with E-state index in [4.69, 9.17) is 9.16 Å². The first-order chi connectivity index (χ1) is 21.7. The third kappa shape index (κ3) is 6.68. The summed E-state index contributed by atoms with van der Waals surface area (Å²) in [5, 5.41) is 2.15. The lowest BCUT2D eigenvalue weighted by Gasteiger charge is -2.48. The highest BCUT2D eigenvalue weighted by atomic mass is 28.4. The van der Waals surface area contributed by atoms with Crippen LogP contribution in [0.15, 0.2) is 84.9 Å².